The lowest BCUT2D eigenvalue weighted by Gasteiger charge is -2.06. The molecule has 3 rings (SSSR count). The largest absolute Gasteiger partial charge is 0.586 e. The number of alkyl halides is 2. The maximum atomic E-state index is 12.9. The first-order valence-corrected chi connectivity index (χ1v) is 7.35. The zero-order valence-electron chi connectivity index (χ0n) is 11.8. The van der Waals surface area contributed by atoms with E-state index in [1.807, 2.05) is 0 Å². The minimum atomic E-state index is -3.73. The van der Waals surface area contributed by atoms with Crippen molar-refractivity contribution in [3.63, 3.8) is 0 Å². The molecule has 10 heteroatoms. The van der Waals surface area contributed by atoms with Crippen LogP contribution in [0.2, 0.25) is 0 Å². The summed E-state index contributed by atoms with van der Waals surface area (Å²) in [6.45, 7) is -0.332. The van der Waals surface area contributed by atoms with Crippen LogP contribution in [0.4, 0.5) is 14.5 Å². The van der Waals surface area contributed by atoms with Crippen LogP contribution >= 0.6 is 15.9 Å². The maximum Gasteiger partial charge on any atom is 0.586 e. The molecule has 1 aliphatic rings. The van der Waals surface area contributed by atoms with E-state index in [0.29, 0.717) is 4.67 Å². The first kappa shape index (κ1) is 16.2. The molecule has 24 heavy (non-hydrogen) atoms. The van der Waals surface area contributed by atoms with Gasteiger partial charge in [0.1, 0.15) is 0 Å². The number of carbonyl (C=O) groups excluding carboxylic acids is 2. The summed E-state index contributed by atoms with van der Waals surface area (Å²) in [7, 11) is 0. The molecule has 1 aromatic heterocycles. The Hall–Kier alpha value is -2.62. The molecule has 7 nitrogen and oxygen atoms in total. The van der Waals surface area contributed by atoms with Crippen LogP contribution in [0.15, 0.2) is 39.4 Å². The predicted molar refractivity (Wildman–Crippen MR) is 80.0 cm³/mol. The van der Waals surface area contributed by atoms with E-state index in [1.54, 1.807) is 0 Å². The van der Waals surface area contributed by atoms with Gasteiger partial charge in [-0.3, -0.25) is 9.59 Å². The minimum absolute atomic E-state index is 0.0417. The summed E-state index contributed by atoms with van der Waals surface area (Å²) in [5.74, 6) is -1.40. The smallest absolute Gasteiger partial charge is 0.444 e. The Bertz CT molecular complexity index is 808. The Morgan fingerprint density at radius 1 is 1.12 bits per heavy atom. The molecule has 0 aliphatic carbocycles. The van der Waals surface area contributed by atoms with Crippen molar-refractivity contribution in [1.29, 1.82) is 0 Å². The first-order valence-electron chi connectivity index (χ1n) is 6.56. The van der Waals surface area contributed by atoms with Crippen LogP contribution in [0.5, 0.6) is 11.5 Å². The molecule has 0 spiro atoms. The summed E-state index contributed by atoms with van der Waals surface area (Å²) in [6.07, 6.45) is -3.73. The number of benzene rings is 1. The van der Waals surface area contributed by atoms with Gasteiger partial charge in [-0.1, -0.05) is 0 Å². The van der Waals surface area contributed by atoms with E-state index in [0.717, 1.165) is 0 Å². The topological polar surface area (TPSA) is 89.8 Å². The van der Waals surface area contributed by atoms with E-state index in [2.05, 4.69) is 36.0 Å². The summed E-state index contributed by atoms with van der Waals surface area (Å²) in [4.78, 5) is 23.5. The highest BCUT2D eigenvalue weighted by Gasteiger charge is 2.43. The second-order valence-corrected chi connectivity index (χ2v) is 5.45. The average molecular weight is 403 g/mol. The van der Waals surface area contributed by atoms with Crippen molar-refractivity contribution in [2.45, 2.75) is 6.29 Å². The summed E-state index contributed by atoms with van der Waals surface area (Å²) >= 11 is 3.06. The van der Waals surface area contributed by atoms with E-state index in [1.165, 1.54) is 30.3 Å². The molecular weight excluding hydrogens is 394 g/mol. The lowest BCUT2D eigenvalue weighted by Crippen LogP contribution is -2.32. The van der Waals surface area contributed by atoms with Gasteiger partial charge in [-0.15, -0.1) is 8.78 Å². The number of fused-ring (bicyclic) bond motifs is 1. The van der Waals surface area contributed by atoms with E-state index in [-0.39, 0.29) is 29.5 Å². The van der Waals surface area contributed by atoms with Crippen molar-refractivity contribution < 1.29 is 32.3 Å². The summed E-state index contributed by atoms with van der Waals surface area (Å²) in [5, 5.41) is 4.79. The second-order valence-electron chi connectivity index (χ2n) is 4.66. The third-order valence-electron chi connectivity index (χ3n) is 2.89. The van der Waals surface area contributed by atoms with Crippen LogP contribution in [0.25, 0.3) is 0 Å². The molecule has 2 amide bonds. The number of hydrogen-bond acceptors (Lipinski definition) is 5. The SMILES string of the molecule is O=C(CNC(=O)c1ccc(Br)o1)Nc1ccc2c(c1)OC(F)(F)O2. The number of hydrogen-bond donors (Lipinski definition) is 2. The number of ether oxygens (including phenoxy) is 2. The third kappa shape index (κ3) is 3.65. The summed E-state index contributed by atoms with van der Waals surface area (Å²) in [5.41, 5.74) is 0.218. The molecule has 0 unspecified atom stereocenters. The Labute approximate surface area is 142 Å². The van der Waals surface area contributed by atoms with Crippen LogP contribution in [0, 0.1) is 0 Å². The summed E-state index contributed by atoms with van der Waals surface area (Å²) in [6, 6.07) is 6.78. The quantitative estimate of drug-likeness (QED) is 0.820. The molecule has 0 atom stereocenters. The van der Waals surface area contributed by atoms with Crippen LogP contribution < -0.4 is 20.1 Å². The molecule has 0 fully saturated rings. The van der Waals surface area contributed by atoms with Gasteiger partial charge in [0.2, 0.25) is 5.91 Å². The zero-order chi connectivity index (χ0) is 17.3. The van der Waals surface area contributed by atoms with Gasteiger partial charge in [0, 0.05) is 11.8 Å². The number of nitrogens with one attached hydrogen (secondary N) is 2. The Balaban J connectivity index is 1.55. The fraction of sp³-hybridized carbons (Fsp3) is 0.143. The average Bonchev–Trinajstić information content (AvgIpc) is 3.06. The molecular formula is C14H9BrF2N2O5. The fourth-order valence-electron chi connectivity index (χ4n) is 1.92. The van der Waals surface area contributed by atoms with Gasteiger partial charge in [0.15, 0.2) is 21.9 Å². The lowest BCUT2D eigenvalue weighted by atomic mass is 10.3. The van der Waals surface area contributed by atoms with Crippen molar-refractivity contribution in [3.8, 4) is 11.5 Å². The fourth-order valence-corrected chi connectivity index (χ4v) is 2.22. The summed E-state index contributed by atoms with van der Waals surface area (Å²) < 4.78 is 39.8. The standard InChI is InChI=1S/C14H9BrF2N2O5/c15-11-4-3-9(22-11)13(21)18-6-12(20)19-7-1-2-8-10(5-7)24-14(16,17)23-8/h1-5H,6H2,(H,18,21)(H,19,20). The molecule has 2 N–H and O–H groups in total. The highest BCUT2D eigenvalue weighted by atomic mass is 79.9. The van der Waals surface area contributed by atoms with Gasteiger partial charge >= 0.3 is 6.29 Å². The maximum absolute atomic E-state index is 12.9. The highest BCUT2D eigenvalue weighted by molar-refractivity contribution is 9.10. The normalized spacial score (nSPS) is 14.3. The van der Waals surface area contributed by atoms with Crippen LogP contribution in [-0.2, 0) is 4.79 Å². The molecule has 2 aromatic rings. The predicted octanol–water partition coefficient (Wildman–Crippen LogP) is 2.73. The Morgan fingerprint density at radius 2 is 1.88 bits per heavy atom. The van der Waals surface area contributed by atoms with Gasteiger partial charge in [-0.25, -0.2) is 0 Å². The Morgan fingerprint density at radius 3 is 2.58 bits per heavy atom. The van der Waals surface area contributed by atoms with Gasteiger partial charge < -0.3 is 24.5 Å². The van der Waals surface area contributed by atoms with Gasteiger partial charge in [0.25, 0.3) is 5.91 Å². The monoisotopic (exact) mass is 402 g/mol. The molecule has 0 saturated heterocycles. The molecule has 1 aliphatic heterocycles. The van der Waals surface area contributed by atoms with E-state index < -0.39 is 18.1 Å². The number of furan rings is 1. The number of halogens is 3. The van der Waals surface area contributed by atoms with Crippen molar-refractivity contribution >= 4 is 33.4 Å². The lowest BCUT2D eigenvalue weighted by molar-refractivity contribution is -0.286. The minimum Gasteiger partial charge on any atom is -0.444 e. The molecule has 0 bridgehead atoms. The van der Waals surface area contributed by atoms with Crippen molar-refractivity contribution in [2.24, 2.45) is 0 Å². The van der Waals surface area contributed by atoms with Gasteiger partial charge in [-0.05, 0) is 40.2 Å². The van der Waals surface area contributed by atoms with Crippen molar-refractivity contribution in [2.75, 3.05) is 11.9 Å². The van der Waals surface area contributed by atoms with E-state index >= 15 is 0 Å². The molecule has 1 aromatic carbocycles. The number of amides is 2. The second kappa shape index (κ2) is 6.11. The molecule has 0 radical (unpaired) electrons. The molecule has 2 heterocycles. The number of rotatable bonds is 4. The van der Waals surface area contributed by atoms with Crippen LogP contribution in [-0.4, -0.2) is 24.7 Å². The van der Waals surface area contributed by atoms with Gasteiger partial charge in [-0.2, -0.15) is 0 Å². The third-order valence-corrected chi connectivity index (χ3v) is 3.32. The van der Waals surface area contributed by atoms with Crippen molar-refractivity contribution in [1.82, 2.24) is 5.32 Å². The zero-order valence-corrected chi connectivity index (χ0v) is 13.4. The van der Waals surface area contributed by atoms with Gasteiger partial charge in [0.05, 0.1) is 6.54 Å². The molecule has 0 saturated carbocycles. The number of anilines is 1. The highest BCUT2D eigenvalue weighted by Crippen LogP contribution is 2.42. The molecule has 126 valence electrons. The van der Waals surface area contributed by atoms with E-state index in [4.69, 9.17) is 4.42 Å². The van der Waals surface area contributed by atoms with Crippen molar-refractivity contribution in [3.05, 3.63) is 40.8 Å². The van der Waals surface area contributed by atoms with Crippen LogP contribution in [0.1, 0.15) is 10.6 Å². The Kier molecular flexibility index (Phi) is 4.14. The van der Waals surface area contributed by atoms with Crippen LogP contribution in [0.3, 0.4) is 0 Å². The first-order chi connectivity index (χ1) is 11.3. The van der Waals surface area contributed by atoms with E-state index in [9.17, 15) is 18.4 Å². The number of carbonyl (C=O) groups is 2.